The Kier molecular flexibility index (Phi) is 2.99. The van der Waals surface area contributed by atoms with Crippen LogP contribution in [0.1, 0.15) is 10.6 Å². The Morgan fingerprint density at radius 3 is 3.05 bits per heavy atom. The maximum absolute atomic E-state index is 11.8. The van der Waals surface area contributed by atoms with Crippen molar-refractivity contribution in [3.63, 3.8) is 0 Å². The zero-order valence-electron chi connectivity index (χ0n) is 9.57. The monoisotopic (exact) mass is 272 g/mol. The van der Waals surface area contributed by atoms with Crippen molar-refractivity contribution < 1.29 is 4.79 Å². The van der Waals surface area contributed by atoms with Gasteiger partial charge in [-0.25, -0.2) is 4.98 Å². The van der Waals surface area contributed by atoms with Crippen molar-refractivity contribution in [2.75, 3.05) is 5.32 Å². The highest BCUT2D eigenvalue weighted by molar-refractivity contribution is 7.13. The molecule has 0 radical (unpaired) electrons. The van der Waals surface area contributed by atoms with Crippen LogP contribution in [0.2, 0.25) is 0 Å². The highest BCUT2D eigenvalue weighted by Crippen LogP contribution is 2.24. The molecule has 1 aromatic carbocycles. The van der Waals surface area contributed by atoms with Crippen molar-refractivity contribution in [2.24, 2.45) is 0 Å². The molecular weight excluding hydrogens is 264 g/mol. The van der Waals surface area contributed by atoms with E-state index < -0.39 is 5.91 Å². The third kappa shape index (κ3) is 2.47. The van der Waals surface area contributed by atoms with E-state index in [-0.39, 0.29) is 5.82 Å². The maximum Gasteiger partial charge on any atom is 0.297 e. The number of tetrazole rings is 1. The van der Waals surface area contributed by atoms with Crippen molar-refractivity contribution in [3.8, 4) is 10.6 Å². The number of rotatable bonds is 3. The van der Waals surface area contributed by atoms with Crippen molar-refractivity contribution in [2.45, 2.75) is 0 Å². The Hall–Kier alpha value is -2.61. The number of aromatic nitrogens is 5. The minimum atomic E-state index is -0.412. The first-order valence-corrected chi connectivity index (χ1v) is 6.25. The second-order valence-electron chi connectivity index (χ2n) is 3.61. The molecule has 8 heteroatoms. The fourth-order valence-corrected chi connectivity index (χ4v) is 2.18. The zero-order valence-corrected chi connectivity index (χ0v) is 10.4. The third-order valence-electron chi connectivity index (χ3n) is 2.35. The van der Waals surface area contributed by atoms with Gasteiger partial charge in [0.05, 0.1) is 0 Å². The molecule has 94 valence electrons. The molecule has 2 aromatic heterocycles. The number of aromatic amines is 1. The summed E-state index contributed by atoms with van der Waals surface area (Å²) in [6.07, 6.45) is 1.74. The fraction of sp³-hybridized carbons (Fsp3) is 0. The Labute approximate surface area is 111 Å². The van der Waals surface area contributed by atoms with E-state index in [1.54, 1.807) is 12.3 Å². The number of carbonyl (C=O) groups is 1. The normalized spacial score (nSPS) is 10.3. The molecule has 2 heterocycles. The van der Waals surface area contributed by atoms with Gasteiger partial charge in [-0.3, -0.25) is 4.79 Å². The van der Waals surface area contributed by atoms with Gasteiger partial charge in [-0.05, 0) is 17.3 Å². The summed E-state index contributed by atoms with van der Waals surface area (Å²) in [7, 11) is 0. The van der Waals surface area contributed by atoms with Gasteiger partial charge < -0.3 is 5.32 Å². The average molecular weight is 272 g/mol. The SMILES string of the molecule is O=C(Nc1cccc(-c2nccs2)c1)c1nn[nH]n1. The van der Waals surface area contributed by atoms with Crippen LogP contribution < -0.4 is 5.32 Å². The number of thiazole rings is 1. The zero-order chi connectivity index (χ0) is 13.1. The molecule has 1 amide bonds. The molecule has 0 saturated heterocycles. The summed E-state index contributed by atoms with van der Waals surface area (Å²) < 4.78 is 0. The average Bonchev–Trinajstić information content (AvgIpc) is 3.13. The van der Waals surface area contributed by atoms with Crippen LogP contribution in [0.15, 0.2) is 35.8 Å². The van der Waals surface area contributed by atoms with E-state index in [1.165, 1.54) is 11.3 Å². The molecule has 0 bridgehead atoms. The Balaban J connectivity index is 1.82. The number of benzene rings is 1. The van der Waals surface area contributed by atoms with Crippen LogP contribution in [0.5, 0.6) is 0 Å². The number of nitrogens with one attached hydrogen (secondary N) is 2. The van der Waals surface area contributed by atoms with Crippen molar-refractivity contribution in [3.05, 3.63) is 41.7 Å². The molecular formula is C11H8N6OS. The molecule has 0 aliphatic heterocycles. The van der Waals surface area contributed by atoms with Crippen LogP contribution in [0.3, 0.4) is 0 Å². The second-order valence-corrected chi connectivity index (χ2v) is 4.50. The van der Waals surface area contributed by atoms with Gasteiger partial charge in [0.2, 0.25) is 0 Å². The number of hydrogen-bond acceptors (Lipinski definition) is 6. The molecule has 0 atom stereocenters. The van der Waals surface area contributed by atoms with Crippen LogP contribution in [0.25, 0.3) is 10.6 Å². The smallest absolute Gasteiger partial charge is 0.297 e. The van der Waals surface area contributed by atoms with Crippen molar-refractivity contribution in [1.29, 1.82) is 0 Å². The molecule has 3 rings (SSSR count). The Bertz CT molecular complexity index is 679. The summed E-state index contributed by atoms with van der Waals surface area (Å²) in [6.45, 7) is 0. The summed E-state index contributed by atoms with van der Waals surface area (Å²) in [5, 5.41) is 18.3. The Morgan fingerprint density at radius 2 is 2.32 bits per heavy atom. The molecule has 3 aromatic rings. The highest BCUT2D eigenvalue weighted by Gasteiger charge is 2.11. The minimum Gasteiger partial charge on any atom is -0.319 e. The van der Waals surface area contributed by atoms with Gasteiger partial charge in [-0.1, -0.05) is 12.1 Å². The molecule has 19 heavy (non-hydrogen) atoms. The number of hydrogen-bond donors (Lipinski definition) is 2. The van der Waals surface area contributed by atoms with Gasteiger partial charge in [0.1, 0.15) is 5.01 Å². The lowest BCUT2D eigenvalue weighted by Crippen LogP contribution is -2.13. The fourth-order valence-electron chi connectivity index (χ4n) is 1.54. The molecule has 0 aliphatic rings. The number of anilines is 1. The molecule has 0 unspecified atom stereocenters. The van der Waals surface area contributed by atoms with E-state index in [0.717, 1.165) is 10.6 Å². The lowest BCUT2D eigenvalue weighted by molar-refractivity contribution is 0.101. The van der Waals surface area contributed by atoms with Gasteiger partial charge in [-0.2, -0.15) is 5.21 Å². The van der Waals surface area contributed by atoms with E-state index in [4.69, 9.17) is 0 Å². The van der Waals surface area contributed by atoms with Crippen molar-refractivity contribution >= 4 is 22.9 Å². The largest absolute Gasteiger partial charge is 0.319 e. The van der Waals surface area contributed by atoms with Crippen LogP contribution in [0.4, 0.5) is 5.69 Å². The van der Waals surface area contributed by atoms with Crippen LogP contribution >= 0.6 is 11.3 Å². The maximum atomic E-state index is 11.8. The first-order valence-electron chi connectivity index (χ1n) is 5.37. The van der Waals surface area contributed by atoms with E-state index >= 15 is 0 Å². The van der Waals surface area contributed by atoms with Gasteiger partial charge in [0, 0.05) is 22.8 Å². The van der Waals surface area contributed by atoms with Crippen LogP contribution in [-0.2, 0) is 0 Å². The predicted octanol–water partition coefficient (Wildman–Crippen LogP) is 1.58. The lowest BCUT2D eigenvalue weighted by atomic mass is 10.2. The van der Waals surface area contributed by atoms with E-state index in [0.29, 0.717) is 5.69 Å². The van der Waals surface area contributed by atoms with Gasteiger partial charge >= 0.3 is 0 Å². The van der Waals surface area contributed by atoms with Crippen LogP contribution in [-0.4, -0.2) is 31.5 Å². The number of carbonyl (C=O) groups excluding carboxylic acids is 1. The quantitative estimate of drug-likeness (QED) is 0.754. The number of nitrogens with zero attached hydrogens (tertiary/aromatic N) is 4. The summed E-state index contributed by atoms with van der Waals surface area (Å²) in [5.41, 5.74) is 1.60. The molecule has 0 saturated carbocycles. The first-order chi connectivity index (χ1) is 9.33. The van der Waals surface area contributed by atoms with Gasteiger partial charge in [0.15, 0.2) is 0 Å². The lowest BCUT2D eigenvalue weighted by Gasteiger charge is -2.03. The van der Waals surface area contributed by atoms with Crippen LogP contribution in [0, 0.1) is 0 Å². The summed E-state index contributed by atoms with van der Waals surface area (Å²) in [4.78, 5) is 16.0. The predicted molar refractivity (Wildman–Crippen MR) is 69.7 cm³/mol. The molecule has 0 spiro atoms. The summed E-state index contributed by atoms with van der Waals surface area (Å²) >= 11 is 1.54. The molecule has 0 fully saturated rings. The highest BCUT2D eigenvalue weighted by atomic mass is 32.1. The van der Waals surface area contributed by atoms with Gasteiger partial charge in [0.25, 0.3) is 11.7 Å². The first kappa shape index (κ1) is 11.5. The summed E-state index contributed by atoms with van der Waals surface area (Å²) in [6, 6.07) is 7.41. The third-order valence-corrected chi connectivity index (χ3v) is 3.17. The second kappa shape index (κ2) is 4.94. The van der Waals surface area contributed by atoms with E-state index in [2.05, 4.69) is 30.9 Å². The molecule has 7 nitrogen and oxygen atoms in total. The molecule has 0 aliphatic carbocycles. The number of H-pyrrole nitrogens is 1. The topological polar surface area (TPSA) is 96.5 Å². The standard InChI is InChI=1S/C11H8N6OS/c18-10(9-14-16-17-15-9)13-8-3-1-2-7(6-8)11-12-4-5-19-11/h1-6H,(H,13,18)(H,14,15,16,17). The molecule has 2 N–H and O–H groups in total. The van der Waals surface area contributed by atoms with E-state index in [9.17, 15) is 4.79 Å². The van der Waals surface area contributed by atoms with Crippen molar-refractivity contribution in [1.82, 2.24) is 25.6 Å². The summed E-state index contributed by atoms with van der Waals surface area (Å²) in [5.74, 6) is -0.412. The minimum absolute atomic E-state index is 0.000323. The van der Waals surface area contributed by atoms with E-state index in [1.807, 2.05) is 23.6 Å². The number of amides is 1. The van der Waals surface area contributed by atoms with Gasteiger partial charge in [-0.15, -0.1) is 21.5 Å². The Morgan fingerprint density at radius 1 is 1.37 bits per heavy atom.